The van der Waals surface area contributed by atoms with Crippen LogP contribution in [0.4, 0.5) is 4.79 Å². The Balaban J connectivity index is 2.29. The Morgan fingerprint density at radius 1 is 1.60 bits per heavy atom. The first-order valence-electron chi connectivity index (χ1n) is 4.51. The lowest BCUT2D eigenvalue weighted by Crippen LogP contribution is -2.26. The van der Waals surface area contributed by atoms with Gasteiger partial charge in [-0.3, -0.25) is 0 Å². The van der Waals surface area contributed by atoms with E-state index in [1.807, 2.05) is 6.07 Å². The van der Waals surface area contributed by atoms with E-state index in [1.165, 1.54) is 0 Å². The highest BCUT2D eigenvalue weighted by atomic mass is 35.5. The molecule has 80 valence electrons. The van der Waals surface area contributed by atoms with Gasteiger partial charge in [-0.1, -0.05) is 23.7 Å². The molecule has 2 atom stereocenters. The van der Waals surface area contributed by atoms with Gasteiger partial charge in [0.05, 0.1) is 0 Å². The molecule has 0 aromatic heterocycles. The highest BCUT2D eigenvalue weighted by Crippen LogP contribution is 2.37. The molecule has 1 aliphatic carbocycles. The Bertz CT molecular complexity index is 408. The maximum absolute atomic E-state index is 10.6. The van der Waals surface area contributed by atoms with Crippen LogP contribution in [0.1, 0.15) is 17.2 Å². The molecule has 0 spiro atoms. The zero-order chi connectivity index (χ0) is 11.0. The number of aliphatic hydroxyl groups is 1. The van der Waals surface area contributed by atoms with E-state index < -0.39 is 18.3 Å². The minimum absolute atomic E-state index is 0.444. The average molecular weight is 228 g/mol. The van der Waals surface area contributed by atoms with E-state index in [9.17, 15) is 9.90 Å². The number of rotatable bonds is 1. The molecule has 0 fully saturated rings. The Morgan fingerprint density at radius 3 is 2.93 bits per heavy atom. The molecule has 0 aliphatic heterocycles. The number of carbonyl (C=O) groups excluding carboxylic acids is 1. The van der Waals surface area contributed by atoms with Crippen LogP contribution >= 0.6 is 11.6 Å². The fraction of sp³-hybridized carbons (Fsp3) is 0.300. The third kappa shape index (κ3) is 1.78. The summed E-state index contributed by atoms with van der Waals surface area (Å²) in [6.45, 7) is 0. The van der Waals surface area contributed by atoms with Gasteiger partial charge in [-0.25, -0.2) is 4.79 Å². The van der Waals surface area contributed by atoms with Gasteiger partial charge in [-0.15, -0.1) is 0 Å². The quantitative estimate of drug-likeness (QED) is 0.762. The zero-order valence-corrected chi connectivity index (χ0v) is 8.57. The number of primary amides is 1. The van der Waals surface area contributed by atoms with Crippen molar-refractivity contribution >= 4 is 17.7 Å². The number of amides is 1. The molecule has 3 N–H and O–H groups in total. The first-order chi connectivity index (χ1) is 7.09. The van der Waals surface area contributed by atoms with Crippen molar-refractivity contribution in [3.05, 3.63) is 34.3 Å². The van der Waals surface area contributed by atoms with Crippen molar-refractivity contribution in [2.75, 3.05) is 0 Å². The molecule has 5 heteroatoms. The Hall–Kier alpha value is -1.26. The average Bonchev–Trinajstić information content (AvgIpc) is 2.44. The summed E-state index contributed by atoms with van der Waals surface area (Å²) in [4.78, 5) is 10.6. The monoisotopic (exact) mass is 227 g/mol. The first-order valence-corrected chi connectivity index (χ1v) is 4.89. The van der Waals surface area contributed by atoms with Crippen molar-refractivity contribution in [3.63, 3.8) is 0 Å². The van der Waals surface area contributed by atoms with Gasteiger partial charge in [0, 0.05) is 17.0 Å². The standard InChI is InChI=1S/C10H10ClNO3/c11-6-3-1-2-5-4-7(15-10(12)14)9(13)8(5)6/h1-3,7,9,13H,4H2,(H2,12,14)/t7-,9-/m0/s1. The molecule has 0 saturated heterocycles. The maximum atomic E-state index is 10.6. The number of aliphatic hydroxyl groups excluding tert-OH is 1. The Kier molecular flexibility index (Phi) is 2.54. The number of ether oxygens (including phenoxy) is 1. The van der Waals surface area contributed by atoms with Gasteiger partial charge in [0.2, 0.25) is 0 Å². The van der Waals surface area contributed by atoms with Crippen molar-refractivity contribution in [2.45, 2.75) is 18.6 Å². The van der Waals surface area contributed by atoms with Gasteiger partial charge in [0.15, 0.2) is 0 Å². The molecule has 0 unspecified atom stereocenters. The van der Waals surface area contributed by atoms with E-state index in [4.69, 9.17) is 22.1 Å². The lowest BCUT2D eigenvalue weighted by atomic mass is 10.1. The normalized spacial score (nSPS) is 23.6. The second kappa shape index (κ2) is 3.72. The van der Waals surface area contributed by atoms with E-state index in [0.29, 0.717) is 17.0 Å². The van der Waals surface area contributed by atoms with Gasteiger partial charge < -0.3 is 15.6 Å². The van der Waals surface area contributed by atoms with Crippen molar-refractivity contribution in [1.82, 2.24) is 0 Å². The van der Waals surface area contributed by atoms with Crippen LogP contribution in [-0.4, -0.2) is 17.3 Å². The summed E-state index contributed by atoms with van der Waals surface area (Å²) < 4.78 is 4.79. The summed E-state index contributed by atoms with van der Waals surface area (Å²) in [5.74, 6) is 0. The van der Waals surface area contributed by atoms with Crippen LogP contribution < -0.4 is 5.73 Å². The Morgan fingerprint density at radius 2 is 2.33 bits per heavy atom. The minimum atomic E-state index is -0.888. The number of hydrogen-bond acceptors (Lipinski definition) is 3. The molecule has 0 heterocycles. The molecule has 1 aromatic carbocycles. The number of nitrogens with two attached hydrogens (primary N) is 1. The summed E-state index contributed by atoms with van der Waals surface area (Å²) in [5.41, 5.74) is 6.42. The zero-order valence-electron chi connectivity index (χ0n) is 7.81. The number of hydrogen-bond donors (Lipinski definition) is 2. The first kappa shape index (κ1) is 10.3. The van der Waals surface area contributed by atoms with Crippen LogP contribution in [-0.2, 0) is 11.2 Å². The van der Waals surface area contributed by atoms with E-state index in [-0.39, 0.29) is 0 Å². The summed E-state index contributed by atoms with van der Waals surface area (Å²) in [6, 6.07) is 5.32. The molecule has 0 bridgehead atoms. The van der Waals surface area contributed by atoms with Crippen molar-refractivity contribution < 1.29 is 14.6 Å². The number of fused-ring (bicyclic) bond motifs is 1. The summed E-state index contributed by atoms with van der Waals surface area (Å²) in [7, 11) is 0. The van der Waals surface area contributed by atoms with Gasteiger partial charge in [-0.2, -0.15) is 0 Å². The topological polar surface area (TPSA) is 72.6 Å². The van der Waals surface area contributed by atoms with Crippen LogP contribution in [0, 0.1) is 0 Å². The molecule has 1 aromatic rings. The Labute approximate surface area is 91.6 Å². The van der Waals surface area contributed by atoms with Crippen molar-refractivity contribution in [2.24, 2.45) is 5.73 Å². The highest BCUT2D eigenvalue weighted by molar-refractivity contribution is 6.31. The molecule has 0 radical (unpaired) electrons. The van der Waals surface area contributed by atoms with Gasteiger partial charge in [0.1, 0.15) is 12.2 Å². The summed E-state index contributed by atoms with van der Waals surface area (Å²) >= 11 is 5.93. The van der Waals surface area contributed by atoms with Crippen molar-refractivity contribution in [3.8, 4) is 0 Å². The van der Waals surface area contributed by atoms with Gasteiger partial charge in [-0.05, 0) is 11.6 Å². The molecule has 4 nitrogen and oxygen atoms in total. The third-order valence-electron chi connectivity index (χ3n) is 2.48. The lowest BCUT2D eigenvalue weighted by molar-refractivity contribution is 0.0172. The fourth-order valence-electron chi connectivity index (χ4n) is 1.86. The van der Waals surface area contributed by atoms with Gasteiger partial charge >= 0.3 is 6.09 Å². The van der Waals surface area contributed by atoms with Crippen LogP contribution in [0.3, 0.4) is 0 Å². The highest BCUT2D eigenvalue weighted by Gasteiger charge is 2.34. The number of halogens is 1. The SMILES string of the molecule is NC(=O)O[C@H]1Cc2cccc(Cl)c2[C@H]1O. The van der Waals surface area contributed by atoms with Gasteiger partial charge in [0.25, 0.3) is 0 Å². The summed E-state index contributed by atoms with van der Waals surface area (Å²) in [5, 5.41) is 10.3. The molecule has 0 saturated carbocycles. The predicted molar refractivity (Wildman–Crippen MR) is 54.6 cm³/mol. The fourth-order valence-corrected chi connectivity index (χ4v) is 2.17. The summed E-state index contributed by atoms with van der Waals surface area (Å²) in [6.07, 6.45) is -1.96. The maximum Gasteiger partial charge on any atom is 0.404 e. The number of benzene rings is 1. The largest absolute Gasteiger partial charge is 0.443 e. The van der Waals surface area contributed by atoms with E-state index in [0.717, 1.165) is 5.56 Å². The van der Waals surface area contributed by atoms with E-state index >= 15 is 0 Å². The van der Waals surface area contributed by atoms with Crippen LogP contribution in [0.2, 0.25) is 5.02 Å². The third-order valence-corrected chi connectivity index (χ3v) is 2.81. The second-order valence-electron chi connectivity index (χ2n) is 3.44. The molecule has 1 aliphatic rings. The molecule has 15 heavy (non-hydrogen) atoms. The van der Waals surface area contributed by atoms with Crippen molar-refractivity contribution in [1.29, 1.82) is 0 Å². The molecule has 1 amide bonds. The molecule has 2 rings (SSSR count). The van der Waals surface area contributed by atoms with E-state index in [2.05, 4.69) is 0 Å². The minimum Gasteiger partial charge on any atom is -0.443 e. The van der Waals surface area contributed by atoms with Crippen LogP contribution in [0.5, 0.6) is 0 Å². The molecular weight excluding hydrogens is 218 g/mol. The smallest absolute Gasteiger partial charge is 0.404 e. The van der Waals surface area contributed by atoms with E-state index in [1.54, 1.807) is 12.1 Å². The van der Waals surface area contributed by atoms with Crippen LogP contribution in [0.25, 0.3) is 0 Å². The predicted octanol–water partition coefficient (Wildman–Crippen LogP) is 1.39. The second-order valence-corrected chi connectivity index (χ2v) is 3.84. The number of carbonyl (C=O) groups is 1. The van der Waals surface area contributed by atoms with Crippen LogP contribution in [0.15, 0.2) is 18.2 Å². The lowest BCUT2D eigenvalue weighted by Gasteiger charge is -2.14. The molecular formula is C10H10ClNO3.